The minimum atomic E-state index is 0.546. The van der Waals surface area contributed by atoms with Crippen LogP contribution in [0.4, 0.5) is 5.82 Å². The van der Waals surface area contributed by atoms with Crippen molar-refractivity contribution in [3.63, 3.8) is 0 Å². The van der Waals surface area contributed by atoms with E-state index >= 15 is 0 Å². The van der Waals surface area contributed by atoms with E-state index in [9.17, 15) is 0 Å². The average Bonchev–Trinajstić information content (AvgIpc) is 2.46. The molecule has 1 atom stereocenters. The van der Waals surface area contributed by atoms with Crippen LogP contribution in [0.1, 0.15) is 30.4 Å². The molecule has 2 fully saturated rings. The van der Waals surface area contributed by atoms with Gasteiger partial charge in [-0.1, -0.05) is 6.42 Å². The van der Waals surface area contributed by atoms with Gasteiger partial charge in [0.2, 0.25) is 0 Å². The van der Waals surface area contributed by atoms with Crippen LogP contribution in [0.5, 0.6) is 0 Å². The van der Waals surface area contributed by atoms with E-state index in [2.05, 4.69) is 27.8 Å². The zero-order chi connectivity index (χ0) is 13.2. The van der Waals surface area contributed by atoms with Crippen molar-refractivity contribution in [2.75, 3.05) is 31.1 Å². The van der Waals surface area contributed by atoms with Crippen molar-refractivity contribution in [1.82, 2.24) is 9.88 Å². The molecule has 19 heavy (non-hydrogen) atoms. The molecule has 3 nitrogen and oxygen atoms in total. The third-order valence-electron chi connectivity index (χ3n) is 4.40. The molecule has 1 aromatic rings. The average molecular weight is 280 g/mol. The van der Waals surface area contributed by atoms with Crippen molar-refractivity contribution in [3.8, 4) is 0 Å². The fourth-order valence-corrected chi connectivity index (χ4v) is 3.52. The Bertz CT molecular complexity index is 449. The molecule has 0 aliphatic carbocycles. The van der Waals surface area contributed by atoms with E-state index in [4.69, 9.17) is 11.6 Å². The number of halogens is 1. The first kappa shape index (κ1) is 13.2. The van der Waals surface area contributed by atoms with Gasteiger partial charge in [-0.2, -0.15) is 0 Å². The molecule has 0 spiro atoms. The van der Waals surface area contributed by atoms with E-state index in [0.717, 1.165) is 30.5 Å². The number of aromatic nitrogens is 1. The fraction of sp³-hybridized carbons (Fsp3) is 0.667. The van der Waals surface area contributed by atoms with Crippen molar-refractivity contribution >= 4 is 17.4 Å². The Morgan fingerprint density at radius 2 is 2.21 bits per heavy atom. The summed E-state index contributed by atoms with van der Waals surface area (Å²) in [4.78, 5) is 9.75. The summed E-state index contributed by atoms with van der Waals surface area (Å²) in [5.74, 6) is 1.70. The number of anilines is 1. The zero-order valence-electron chi connectivity index (χ0n) is 11.6. The van der Waals surface area contributed by atoms with Gasteiger partial charge in [-0.05, 0) is 43.5 Å². The molecular formula is C15H22ClN3. The number of nitrogens with zero attached hydrogens (tertiary/aromatic N) is 3. The Morgan fingerprint density at radius 3 is 3.00 bits per heavy atom. The van der Waals surface area contributed by atoms with Crippen LogP contribution in [0.15, 0.2) is 12.3 Å². The van der Waals surface area contributed by atoms with E-state index in [1.807, 2.05) is 6.20 Å². The third-order valence-corrected chi connectivity index (χ3v) is 4.71. The molecule has 3 rings (SSSR count). The van der Waals surface area contributed by atoms with E-state index < -0.39 is 0 Å². The summed E-state index contributed by atoms with van der Waals surface area (Å²) in [7, 11) is 0. The van der Waals surface area contributed by atoms with Crippen LogP contribution in [-0.4, -0.2) is 42.1 Å². The summed E-state index contributed by atoms with van der Waals surface area (Å²) in [6.07, 6.45) is 6.02. The van der Waals surface area contributed by atoms with Crippen LogP contribution in [-0.2, 0) is 5.88 Å². The molecule has 0 bridgehead atoms. The molecule has 0 amide bonds. The van der Waals surface area contributed by atoms with Gasteiger partial charge in [-0.15, -0.1) is 11.6 Å². The summed E-state index contributed by atoms with van der Waals surface area (Å²) < 4.78 is 0. The van der Waals surface area contributed by atoms with E-state index in [1.54, 1.807) is 0 Å². The summed E-state index contributed by atoms with van der Waals surface area (Å²) in [6.45, 7) is 6.85. The number of hydrogen-bond donors (Lipinski definition) is 0. The molecule has 0 N–H and O–H groups in total. The van der Waals surface area contributed by atoms with Gasteiger partial charge in [-0.3, -0.25) is 4.90 Å². The topological polar surface area (TPSA) is 19.4 Å². The summed E-state index contributed by atoms with van der Waals surface area (Å²) in [5, 5.41) is 0. The maximum absolute atomic E-state index is 5.87. The second-order valence-electron chi connectivity index (χ2n) is 5.75. The minimum Gasteiger partial charge on any atom is -0.354 e. The Morgan fingerprint density at radius 1 is 1.32 bits per heavy atom. The number of hydrogen-bond acceptors (Lipinski definition) is 3. The SMILES string of the molecule is Cc1cc(CCl)cnc1N1CCN2CCCCC2C1. The lowest BCUT2D eigenvalue weighted by Gasteiger charge is -2.44. The number of piperidine rings is 1. The number of fused-ring (bicyclic) bond motifs is 1. The first-order valence-corrected chi connectivity index (χ1v) is 7.82. The lowest BCUT2D eigenvalue weighted by molar-refractivity contribution is 0.133. The molecule has 3 heterocycles. The van der Waals surface area contributed by atoms with Gasteiger partial charge in [0.1, 0.15) is 5.82 Å². The molecule has 2 aliphatic heterocycles. The van der Waals surface area contributed by atoms with Crippen LogP contribution >= 0.6 is 11.6 Å². The third kappa shape index (κ3) is 2.72. The van der Waals surface area contributed by atoms with E-state index in [-0.39, 0.29) is 0 Å². The highest BCUT2D eigenvalue weighted by Gasteiger charge is 2.29. The second kappa shape index (κ2) is 5.68. The molecule has 0 radical (unpaired) electrons. The predicted molar refractivity (Wildman–Crippen MR) is 80.0 cm³/mol. The van der Waals surface area contributed by atoms with Crippen LogP contribution in [0.2, 0.25) is 0 Å². The molecule has 104 valence electrons. The molecule has 1 aromatic heterocycles. The summed E-state index contributed by atoms with van der Waals surface area (Å²) >= 11 is 5.87. The molecule has 0 saturated carbocycles. The Balaban J connectivity index is 1.75. The minimum absolute atomic E-state index is 0.546. The predicted octanol–water partition coefficient (Wildman–Crippen LogP) is 2.80. The number of pyridine rings is 1. The van der Waals surface area contributed by atoms with Crippen molar-refractivity contribution in [3.05, 3.63) is 23.4 Å². The van der Waals surface area contributed by atoms with Crippen molar-refractivity contribution in [1.29, 1.82) is 0 Å². The van der Waals surface area contributed by atoms with Gasteiger partial charge in [-0.25, -0.2) is 4.98 Å². The first-order chi connectivity index (χ1) is 9.28. The van der Waals surface area contributed by atoms with Crippen LogP contribution in [0.3, 0.4) is 0 Å². The summed E-state index contributed by atoms with van der Waals surface area (Å²) in [6, 6.07) is 2.90. The standard InChI is InChI=1S/C15H22ClN3/c1-12-8-13(9-16)10-17-15(12)19-7-6-18-5-3-2-4-14(18)11-19/h8,10,14H,2-7,9,11H2,1H3. The quantitative estimate of drug-likeness (QED) is 0.776. The van der Waals surface area contributed by atoms with E-state index in [1.165, 1.54) is 37.9 Å². The molecule has 2 saturated heterocycles. The lowest BCUT2D eigenvalue weighted by Crippen LogP contribution is -2.55. The van der Waals surface area contributed by atoms with Crippen molar-refractivity contribution < 1.29 is 0 Å². The highest BCUT2D eigenvalue weighted by Crippen LogP contribution is 2.26. The van der Waals surface area contributed by atoms with E-state index in [0.29, 0.717) is 5.88 Å². The number of aryl methyl sites for hydroxylation is 1. The van der Waals surface area contributed by atoms with Gasteiger partial charge in [0.25, 0.3) is 0 Å². The lowest BCUT2D eigenvalue weighted by atomic mass is 9.99. The van der Waals surface area contributed by atoms with Crippen LogP contribution in [0, 0.1) is 6.92 Å². The maximum atomic E-state index is 5.87. The Kier molecular flexibility index (Phi) is 3.94. The normalized spacial score (nSPS) is 24.3. The number of alkyl halides is 1. The van der Waals surface area contributed by atoms with Crippen molar-refractivity contribution in [2.45, 2.75) is 38.1 Å². The first-order valence-electron chi connectivity index (χ1n) is 7.28. The largest absolute Gasteiger partial charge is 0.354 e. The van der Waals surface area contributed by atoms with Crippen molar-refractivity contribution in [2.24, 2.45) is 0 Å². The Labute approximate surface area is 120 Å². The zero-order valence-corrected chi connectivity index (χ0v) is 12.4. The highest BCUT2D eigenvalue weighted by atomic mass is 35.5. The van der Waals surface area contributed by atoms with Crippen LogP contribution < -0.4 is 4.90 Å². The molecule has 1 unspecified atom stereocenters. The molecule has 4 heteroatoms. The van der Waals surface area contributed by atoms with Gasteiger partial charge in [0.15, 0.2) is 0 Å². The van der Waals surface area contributed by atoms with Gasteiger partial charge >= 0.3 is 0 Å². The fourth-order valence-electron chi connectivity index (χ4n) is 3.38. The van der Waals surface area contributed by atoms with Gasteiger partial charge < -0.3 is 4.90 Å². The number of piperazine rings is 1. The van der Waals surface area contributed by atoms with Crippen LogP contribution in [0.25, 0.3) is 0 Å². The second-order valence-corrected chi connectivity index (χ2v) is 6.02. The summed E-state index contributed by atoms with van der Waals surface area (Å²) in [5.41, 5.74) is 2.36. The maximum Gasteiger partial charge on any atom is 0.131 e. The molecular weight excluding hydrogens is 258 g/mol. The smallest absolute Gasteiger partial charge is 0.131 e. The van der Waals surface area contributed by atoms with Gasteiger partial charge in [0.05, 0.1) is 0 Å². The Hall–Kier alpha value is -0.800. The highest BCUT2D eigenvalue weighted by molar-refractivity contribution is 6.17. The molecule has 2 aliphatic rings. The monoisotopic (exact) mass is 279 g/mol. The number of rotatable bonds is 2. The molecule has 0 aromatic carbocycles. The van der Waals surface area contributed by atoms with Gasteiger partial charge in [0, 0.05) is 37.8 Å².